The zero-order valence-electron chi connectivity index (χ0n) is 17.8. The fourth-order valence-corrected chi connectivity index (χ4v) is 5.19. The van der Waals surface area contributed by atoms with Gasteiger partial charge < -0.3 is 16.4 Å². The van der Waals surface area contributed by atoms with Crippen molar-refractivity contribution in [2.75, 3.05) is 6.67 Å². The first-order valence-electron chi connectivity index (χ1n) is 11.3. The van der Waals surface area contributed by atoms with Crippen LogP contribution in [-0.2, 0) is 4.79 Å². The largest absolute Gasteiger partial charge is 0.340 e. The number of rotatable bonds is 6. The van der Waals surface area contributed by atoms with Crippen LogP contribution in [-0.4, -0.2) is 18.6 Å². The van der Waals surface area contributed by atoms with Gasteiger partial charge in [-0.2, -0.15) is 0 Å². The van der Waals surface area contributed by atoms with Crippen LogP contribution in [0.4, 0.5) is 0 Å². The van der Waals surface area contributed by atoms with Crippen molar-refractivity contribution in [2.24, 2.45) is 17.6 Å². The Hall–Kier alpha value is -2.43. The molecule has 4 heteroatoms. The molecule has 4 nitrogen and oxygen atoms in total. The third-order valence-electron chi connectivity index (χ3n) is 6.75. The molecule has 2 aromatic carbocycles. The van der Waals surface area contributed by atoms with E-state index in [2.05, 4.69) is 72.2 Å². The van der Waals surface area contributed by atoms with Crippen molar-refractivity contribution in [2.45, 2.75) is 51.1 Å². The molecule has 0 saturated heterocycles. The number of carbonyl (C=O) groups is 1. The molecular formula is C26H33N3O. The fourth-order valence-electron chi connectivity index (χ4n) is 5.19. The smallest absolute Gasteiger partial charge is 0.251 e. The molecule has 2 aliphatic rings. The summed E-state index contributed by atoms with van der Waals surface area (Å²) in [6.45, 7) is 2.47. The first-order chi connectivity index (χ1) is 14.7. The number of allylic oxidation sites excluding steroid dienone is 2. The lowest BCUT2D eigenvalue weighted by Gasteiger charge is -2.36. The quantitative estimate of drug-likeness (QED) is 0.618. The Bertz CT molecular complexity index is 943. The number of hydrogen-bond acceptors (Lipinski definition) is 3. The minimum Gasteiger partial charge on any atom is -0.340 e. The summed E-state index contributed by atoms with van der Waals surface area (Å²) in [6, 6.07) is 16.1. The van der Waals surface area contributed by atoms with Crippen LogP contribution in [0.25, 0.3) is 10.8 Å². The van der Waals surface area contributed by atoms with Gasteiger partial charge in [-0.15, -0.1) is 0 Å². The summed E-state index contributed by atoms with van der Waals surface area (Å²) >= 11 is 0. The highest BCUT2D eigenvalue weighted by Gasteiger charge is 2.29. The van der Waals surface area contributed by atoms with Crippen molar-refractivity contribution in [3.63, 3.8) is 0 Å². The van der Waals surface area contributed by atoms with E-state index in [0.29, 0.717) is 23.9 Å². The molecule has 0 heterocycles. The minimum absolute atomic E-state index is 0.0701. The Kier molecular flexibility index (Phi) is 6.66. The molecule has 0 bridgehead atoms. The van der Waals surface area contributed by atoms with E-state index in [9.17, 15) is 4.79 Å². The van der Waals surface area contributed by atoms with Gasteiger partial charge in [-0.25, -0.2) is 0 Å². The fraction of sp³-hybridized carbons (Fsp3) is 0.423. The lowest BCUT2D eigenvalue weighted by molar-refractivity contribution is -0.117. The maximum atomic E-state index is 12.0. The van der Waals surface area contributed by atoms with E-state index in [1.54, 1.807) is 0 Å². The van der Waals surface area contributed by atoms with Gasteiger partial charge in [0.2, 0.25) is 0 Å². The van der Waals surface area contributed by atoms with Crippen molar-refractivity contribution >= 4 is 16.7 Å². The average molecular weight is 404 g/mol. The van der Waals surface area contributed by atoms with Gasteiger partial charge in [-0.1, -0.05) is 67.1 Å². The molecule has 0 spiro atoms. The summed E-state index contributed by atoms with van der Waals surface area (Å²) in [4.78, 5) is 12.0. The molecule has 4 N–H and O–H groups in total. The van der Waals surface area contributed by atoms with E-state index in [4.69, 9.17) is 5.73 Å². The van der Waals surface area contributed by atoms with Crippen molar-refractivity contribution in [3.8, 4) is 0 Å². The summed E-state index contributed by atoms with van der Waals surface area (Å²) in [7, 11) is 0. The maximum Gasteiger partial charge on any atom is 0.251 e. The van der Waals surface area contributed by atoms with Crippen LogP contribution in [0, 0.1) is 11.8 Å². The molecule has 0 aliphatic heterocycles. The highest BCUT2D eigenvalue weighted by Crippen LogP contribution is 2.36. The number of nitrogens with two attached hydrogens (primary N) is 1. The summed E-state index contributed by atoms with van der Waals surface area (Å²) < 4.78 is 0. The second kappa shape index (κ2) is 9.59. The predicted octanol–water partition coefficient (Wildman–Crippen LogP) is 4.58. The number of hydrogen-bond donors (Lipinski definition) is 3. The summed E-state index contributed by atoms with van der Waals surface area (Å²) in [5.74, 6) is 1.12. The average Bonchev–Trinajstić information content (AvgIpc) is 2.79. The summed E-state index contributed by atoms with van der Waals surface area (Å²) in [5.41, 5.74) is 7.54. The molecule has 4 rings (SSSR count). The lowest BCUT2D eigenvalue weighted by atomic mass is 9.74. The molecule has 1 amide bonds. The van der Waals surface area contributed by atoms with Crippen LogP contribution in [0.1, 0.15) is 50.6 Å². The predicted molar refractivity (Wildman–Crippen MR) is 124 cm³/mol. The lowest BCUT2D eigenvalue weighted by Crippen LogP contribution is -2.37. The first kappa shape index (κ1) is 20.8. The molecule has 0 radical (unpaired) electrons. The number of carbonyl (C=O) groups excluding carboxylic acids is 1. The van der Waals surface area contributed by atoms with E-state index in [1.165, 1.54) is 42.0 Å². The van der Waals surface area contributed by atoms with Gasteiger partial charge in [0, 0.05) is 17.7 Å². The van der Waals surface area contributed by atoms with E-state index < -0.39 is 0 Å². The van der Waals surface area contributed by atoms with Crippen molar-refractivity contribution < 1.29 is 4.79 Å². The Morgan fingerprint density at radius 2 is 2.00 bits per heavy atom. The van der Waals surface area contributed by atoms with Crippen LogP contribution in [0.15, 0.2) is 66.3 Å². The molecule has 158 valence electrons. The number of nitrogens with one attached hydrogen (secondary N) is 2. The van der Waals surface area contributed by atoms with E-state index in [0.717, 1.165) is 12.0 Å². The normalized spacial score (nSPS) is 25.0. The molecule has 4 atom stereocenters. The van der Waals surface area contributed by atoms with E-state index >= 15 is 0 Å². The van der Waals surface area contributed by atoms with Gasteiger partial charge in [-0.05, 0) is 60.8 Å². The van der Waals surface area contributed by atoms with Crippen LogP contribution in [0.5, 0.6) is 0 Å². The monoisotopic (exact) mass is 403 g/mol. The van der Waals surface area contributed by atoms with Crippen LogP contribution < -0.4 is 16.4 Å². The summed E-state index contributed by atoms with van der Waals surface area (Å²) in [5, 5.41) is 9.25. The first-order valence-corrected chi connectivity index (χ1v) is 11.3. The van der Waals surface area contributed by atoms with Crippen molar-refractivity contribution in [3.05, 3.63) is 71.8 Å². The number of amides is 1. The number of benzene rings is 2. The zero-order chi connectivity index (χ0) is 20.9. The second-order valence-corrected chi connectivity index (χ2v) is 8.71. The maximum absolute atomic E-state index is 12.0. The number of fused-ring (bicyclic) bond motifs is 1. The van der Waals surface area contributed by atoms with Crippen LogP contribution in [0.2, 0.25) is 0 Å². The van der Waals surface area contributed by atoms with Crippen LogP contribution in [0.3, 0.4) is 0 Å². The highest BCUT2D eigenvalue weighted by atomic mass is 16.1. The van der Waals surface area contributed by atoms with E-state index in [1.807, 2.05) is 6.08 Å². The Morgan fingerprint density at radius 1 is 1.17 bits per heavy atom. The third-order valence-corrected chi connectivity index (χ3v) is 6.75. The molecule has 0 aromatic heterocycles. The summed E-state index contributed by atoms with van der Waals surface area (Å²) in [6.07, 6.45) is 12.2. The standard InChI is InChI=1S/C26H33N3O/c1-18(24-11-5-7-20-6-2-3-10-25(20)24)29-23-9-4-8-22(16-23)19-12-14-21(15-13-19)26(30)28-17-27/h2-3,5-7,10-12,14-15,18-19,22-23,29H,4,8-9,13,16-17,27H2,1H3,(H,28,30)/t18-,19?,22+,23+/m1/s1. The molecule has 2 aromatic rings. The Morgan fingerprint density at radius 3 is 2.80 bits per heavy atom. The SMILES string of the molecule is C[C@@H](N[C@H]1CCC[C@H](C2C=CC(C(=O)NCN)=CC2)C1)c1cccc2ccccc12. The molecule has 1 fully saturated rings. The molecule has 2 aliphatic carbocycles. The van der Waals surface area contributed by atoms with Gasteiger partial charge in [0.15, 0.2) is 0 Å². The zero-order valence-corrected chi connectivity index (χ0v) is 17.8. The highest BCUT2D eigenvalue weighted by molar-refractivity contribution is 5.96. The molecule has 1 saturated carbocycles. The van der Waals surface area contributed by atoms with Gasteiger partial charge in [-0.3, -0.25) is 4.79 Å². The van der Waals surface area contributed by atoms with Gasteiger partial charge in [0.25, 0.3) is 5.91 Å². The Balaban J connectivity index is 1.38. The van der Waals surface area contributed by atoms with Gasteiger partial charge >= 0.3 is 0 Å². The second-order valence-electron chi connectivity index (χ2n) is 8.71. The van der Waals surface area contributed by atoms with Gasteiger partial charge in [0.05, 0.1) is 6.67 Å². The Labute approximate surface area is 179 Å². The minimum atomic E-state index is -0.0701. The molecule has 1 unspecified atom stereocenters. The topological polar surface area (TPSA) is 67.2 Å². The third kappa shape index (κ3) is 4.66. The van der Waals surface area contributed by atoms with Crippen molar-refractivity contribution in [1.29, 1.82) is 0 Å². The van der Waals surface area contributed by atoms with Crippen LogP contribution >= 0.6 is 0 Å². The molecule has 30 heavy (non-hydrogen) atoms. The molecular weight excluding hydrogens is 370 g/mol. The van der Waals surface area contributed by atoms with E-state index in [-0.39, 0.29) is 12.6 Å². The van der Waals surface area contributed by atoms with Crippen molar-refractivity contribution in [1.82, 2.24) is 10.6 Å². The van der Waals surface area contributed by atoms with Gasteiger partial charge in [0.1, 0.15) is 0 Å².